The fourth-order valence-corrected chi connectivity index (χ4v) is 2.79. The summed E-state index contributed by atoms with van der Waals surface area (Å²) < 4.78 is 21.9. The van der Waals surface area contributed by atoms with Crippen LogP contribution in [0.2, 0.25) is 0 Å². The minimum absolute atomic E-state index is 0.119. The molecule has 0 radical (unpaired) electrons. The molecular formula is C19H19N3O5. The maximum Gasteiger partial charge on any atom is 0.273 e. The highest BCUT2D eigenvalue weighted by atomic mass is 16.6. The largest absolute Gasteiger partial charge is 0.483 e. The predicted octanol–water partition coefficient (Wildman–Crippen LogP) is 1.95. The van der Waals surface area contributed by atoms with Crippen LogP contribution in [0.3, 0.4) is 0 Å². The van der Waals surface area contributed by atoms with E-state index in [0.29, 0.717) is 38.0 Å². The van der Waals surface area contributed by atoms with Crippen molar-refractivity contribution in [2.24, 2.45) is 0 Å². The second-order valence-electron chi connectivity index (χ2n) is 6.05. The van der Waals surface area contributed by atoms with Crippen LogP contribution in [-0.4, -0.2) is 48.3 Å². The Morgan fingerprint density at radius 2 is 2.26 bits per heavy atom. The van der Waals surface area contributed by atoms with Crippen molar-refractivity contribution < 1.29 is 23.4 Å². The van der Waals surface area contributed by atoms with Crippen molar-refractivity contribution in [1.29, 1.82) is 0 Å². The van der Waals surface area contributed by atoms with Crippen LogP contribution in [0, 0.1) is 0 Å². The normalized spacial score (nSPS) is 17.0. The molecule has 0 aliphatic carbocycles. The Kier molecular flexibility index (Phi) is 5.27. The molecule has 2 aromatic heterocycles. The molecule has 27 heavy (non-hydrogen) atoms. The van der Waals surface area contributed by atoms with Crippen LogP contribution in [0.25, 0.3) is 10.8 Å². The van der Waals surface area contributed by atoms with Crippen molar-refractivity contribution in [3.05, 3.63) is 54.5 Å². The summed E-state index contributed by atoms with van der Waals surface area (Å²) in [6.45, 7) is 2.08. The van der Waals surface area contributed by atoms with Crippen molar-refractivity contribution in [3.63, 3.8) is 0 Å². The van der Waals surface area contributed by atoms with E-state index in [-0.39, 0.29) is 24.3 Å². The first-order valence-corrected chi connectivity index (χ1v) is 8.67. The number of benzene rings is 1. The molecule has 3 heterocycles. The van der Waals surface area contributed by atoms with Gasteiger partial charge in [0.1, 0.15) is 12.0 Å². The summed E-state index contributed by atoms with van der Waals surface area (Å²) in [4.78, 5) is 20.5. The molecule has 1 amide bonds. The molecule has 0 spiro atoms. The molecular weight excluding hydrogens is 350 g/mol. The molecule has 1 fully saturated rings. The summed E-state index contributed by atoms with van der Waals surface area (Å²) in [6.07, 6.45) is 4.67. The van der Waals surface area contributed by atoms with Crippen molar-refractivity contribution in [2.75, 3.05) is 26.4 Å². The van der Waals surface area contributed by atoms with Gasteiger partial charge >= 0.3 is 0 Å². The Morgan fingerprint density at radius 3 is 3.15 bits per heavy atom. The van der Waals surface area contributed by atoms with E-state index in [4.69, 9.17) is 18.6 Å². The quantitative estimate of drug-likeness (QED) is 0.709. The minimum atomic E-state index is -0.324. The summed E-state index contributed by atoms with van der Waals surface area (Å²) in [6, 6.07) is 7.61. The molecule has 3 aromatic rings. The summed E-state index contributed by atoms with van der Waals surface area (Å²) in [5.41, 5.74) is 0.201. The van der Waals surface area contributed by atoms with Gasteiger partial charge in [0.15, 0.2) is 12.3 Å². The van der Waals surface area contributed by atoms with Gasteiger partial charge in [-0.25, -0.2) is 4.98 Å². The van der Waals surface area contributed by atoms with Gasteiger partial charge < -0.3 is 23.9 Å². The number of ether oxygens (including phenoxy) is 3. The van der Waals surface area contributed by atoms with Crippen molar-refractivity contribution in [1.82, 2.24) is 15.3 Å². The average Bonchev–Trinajstić information content (AvgIpc) is 3.20. The Balaban J connectivity index is 1.34. The smallest absolute Gasteiger partial charge is 0.273 e. The zero-order chi connectivity index (χ0) is 18.5. The van der Waals surface area contributed by atoms with Crippen LogP contribution < -0.4 is 10.1 Å². The van der Waals surface area contributed by atoms with E-state index < -0.39 is 0 Å². The second kappa shape index (κ2) is 8.15. The molecule has 140 valence electrons. The van der Waals surface area contributed by atoms with E-state index in [0.717, 1.165) is 10.8 Å². The van der Waals surface area contributed by atoms with Crippen LogP contribution in [-0.2, 0) is 16.1 Å². The van der Waals surface area contributed by atoms with Gasteiger partial charge in [-0.05, 0) is 12.1 Å². The van der Waals surface area contributed by atoms with Crippen molar-refractivity contribution >= 4 is 16.7 Å². The Hall–Kier alpha value is -2.97. The number of hydrogen-bond acceptors (Lipinski definition) is 7. The lowest BCUT2D eigenvalue weighted by molar-refractivity contribution is -0.0855. The number of nitrogens with zero attached hydrogens (tertiary/aromatic N) is 2. The number of carbonyl (C=O) groups is 1. The molecule has 0 bridgehead atoms. The van der Waals surface area contributed by atoms with Gasteiger partial charge in [-0.3, -0.25) is 9.78 Å². The number of fused-ring (bicyclic) bond motifs is 1. The van der Waals surface area contributed by atoms with E-state index >= 15 is 0 Å². The Labute approximate surface area is 155 Å². The SMILES string of the molecule is O=C(NC[C@H]1COCCO1)c1coc(COc2cccc3cnccc23)n1. The van der Waals surface area contributed by atoms with E-state index in [2.05, 4.69) is 15.3 Å². The van der Waals surface area contributed by atoms with E-state index in [1.165, 1.54) is 6.26 Å². The molecule has 4 rings (SSSR count). The Morgan fingerprint density at radius 1 is 1.30 bits per heavy atom. The number of oxazole rings is 1. The fourth-order valence-electron chi connectivity index (χ4n) is 2.79. The average molecular weight is 369 g/mol. The number of nitrogens with one attached hydrogen (secondary N) is 1. The van der Waals surface area contributed by atoms with Crippen molar-refractivity contribution in [2.45, 2.75) is 12.7 Å². The highest BCUT2D eigenvalue weighted by Crippen LogP contribution is 2.25. The zero-order valence-electron chi connectivity index (χ0n) is 14.6. The standard InChI is InChI=1S/C19H19N3O5/c23-19(21-9-14-10-24-6-7-25-14)16-11-27-18(22-16)12-26-17-3-1-2-13-8-20-5-4-15(13)17/h1-5,8,11,14H,6-7,9-10,12H2,(H,21,23)/t14-/m0/s1. The van der Waals surface area contributed by atoms with Gasteiger partial charge in [-0.1, -0.05) is 12.1 Å². The molecule has 0 saturated carbocycles. The molecule has 8 heteroatoms. The van der Waals surface area contributed by atoms with Crippen LogP contribution in [0.4, 0.5) is 0 Å². The number of amides is 1. The number of carbonyl (C=O) groups excluding carboxylic acids is 1. The maximum atomic E-state index is 12.2. The summed E-state index contributed by atoms with van der Waals surface area (Å²) in [5, 5.41) is 4.70. The predicted molar refractivity (Wildman–Crippen MR) is 95.5 cm³/mol. The lowest BCUT2D eigenvalue weighted by Crippen LogP contribution is -2.39. The van der Waals surface area contributed by atoms with Crippen molar-refractivity contribution in [3.8, 4) is 5.75 Å². The molecule has 0 unspecified atom stereocenters. The molecule has 8 nitrogen and oxygen atoms in total. The zero-order valence-corrected chi connectivity index (χ0v) is 14.6. The van der Waals surface area contributed by atoms with Crippen LogP contribution in [0.5, 0.6) is 5.75 Å². The molecule has 1 saturated heterocycles. The first-order valence-electron chi connectivity index (χ1n) is 8.67. The third kappa shape index (κ3) is 4.24. The summed E-state index contributed by atoms with van der Waals surface area (Å²) >= 11 is 0. The minimum Gasteiger partial charge on any atom is -0.483 e. The summed E-state index contributed by atoms with van der Waals surface area (Å²) in [5.74, 6) is 0.701. The lowest BCUT2D eigenvalue weighted by atomic mass is 10.1. The third-order valence-corrected chi connectivity index (χ3v) is 4.15. The van der Waals surface area contributed by atoms with Crippen LogP contribution in [0.15, 0.2) is 47.3 Å². The summed E-state index contributed by atoms with van der Waals surface area (Å²) in [7, 11) is 0. The van der Waals surface area contributed by atoms with E-state index in [9.17, 15) is 4.79 Å². The molecule has 1 aliphatic rings. The van der Waals surface area contributed by atoms with Gasteiger partial charge in [-0.15, -0.1) is 0 Å². The molecule has 1 aromatic carbocycles. The van der Waals surface area contributed by atoms with Gasteiger partial charge in [0.05, 0.1) is 25.9 Å². The number of rotatable bonds is 6. The van der Waals surface area contributed by atoms with Gasteiger partial charge in [0.25, 0.3) is 5.91 Å². The van der Waals surface area contributed by atoms with Gasteiger partial charge in [0, 0.05) is 29.7 Å². The third-order valence-electron chi connectivity index (χ3n) is 4.15. The lowest BCUT2D eigenvalue weighted by Gasteiger charge is -2.22. The highest BCUT2D eigenvalue weighted by Gasteiger charge is 2.18. The first-order chi connectivity index (χ1) is 13.3. The van der Waals surface area contributed by atoms with Crippen LogP contribution >= 0.6 is 0 Å². The number of hydrogen-bond donors (Lipinski definition) is 1. The highest BCUT2D eigenvalue weighted by molar-refractivity contribution is 5.91. The molecule has 1 aliphatic heterocycles. The Bertz CT molecular complexity index is 915. The van der Waals surface area contributed by atoms with Gasteiger partial charge in [-0.2, -0.15) is 0 Å². The van der Waals surface area contributed by atoms with E-state index in [1.54, 1.807) is 12.4 Å². The number of pyridine rings is 1. The first kappa shape index (κ1) is 17.4. The fraction of sp³-hybridized carbons (Fsp3) is 0.316. The van der Waals surface area contributed by atoms with Gasteiger partial charge in [0.2, 0.25) is 5.89 Å². The topological polar surface area (TPSA) is 95.7 Å². The monoisotopic (exact) mass is 369 g/mol. The van der Waals surface area contributed by atoms with E-state index in [1.807, 2.05) is 24.3 Å². The molecule has 1 atom stereocenters. The number of aromatic nitrogens is 2. The van der Waals surface area contributed by atoms with Crippen LogP contribution in [0.1, 0.15) is 16.4 Å². The maximum absolute atomic E-state index is 12.2. The molecule has 1 N–H and O–H groups in total. The second-order valence-corrected chi connectivity index (χ2v) is 6.05.